The number of phenolic OH excluding ortho intramolecular Hbond substituents is 1. The summed E-state index contributed by atoms with van der Waals surface area (Å²) >= 11 is 0. The molecule has 0 fully saturated rings. The molecule has 0 saturated carbocycles. The van der Waals surface area contributed by atoms with Crippen molar-refractivity contribution >= 4 is 0 Å². The molecule has 1 atom stereocenters. The number of aromatic hydroxyl groups is 1. The molecule has 0 radical (unpaired) electrons. The molecule has 1 rings (SSSR count). The molecule has 0 aliphatic carbocycles. The Labute approximate surface area is 102 Å². The Bertz CT molecular complexity index is 355. The van der Waals surface area contributed by atoms with Crippen LogP contribution in [-0.4, -0.2) is 24.4 Å². The van der Waals surface area contributed by atoms with Crippen molar-refractivity contribution in [3.63, 3.8) is 0 Å². The summed E-state index contributed by atoms with van der Waals surface area (Å²) in [5, 5.41) is 12.8. The number of halogens is 1. The van der Waals surface area contributed by atoms with Crippen LogP contribution in [0.3, 0.4) is 0 Å². The van der Waals surface area contributed by atoms with Crippen molar-refractivity contribution in [1.29, 1.82) is 0 Å². The highest BCUT2D eigenvalue weighted by molar-refractivity contribution is 5.34. The first-order valence-electron chi connectivity index (χ1n) is 5.84. The van der Waals surface area contributed by atoms with E-state index >= 15 is 0 Å². The summed E-state index contributed by atoms with van der Waals surface area (Å²) in [6, 6.07) is 3.85. The largest absolute Gasteiger partial charge is 0.508 e. The first-order valence-corrected chi connectivity index (χ1v) is 5.84. The smallest absolute Gasteiger partial charge is 0.123 e. The lowest BCUT2D eigenvalue weighted by Crippen LogP contribution is -2.24. The maximum atomic E-state index is 13.0. The summed E-state index contributed by atoms with van der Waals surface area (Å²) < 4.78 is 18.4. The molecule has 0 aromatic heterocycles. The maximum absolute atomic E-state index is 13.0. The van der Waals surface area contributed by atoms with Crippen LogP contribution in [0.25, 0.3) is 0 Å². The number of ether oxygens (including phenoxy) is 1. The van der Waals surface area contributed by atoms with Crippen LogP contribution in [0, 0.1) is 5.82 Å². The van der Waals surface area contributed by atoms with Crippen LogP contribution < -0.4 is 5.32 Å². The fraction of sp³-hybridized carbons (Fsp3) is 0.538. The van der Waals surface area contributed by atoms with Gasteiger partial charge in [0.2, 0.25) is 0 Å². The molecule has 0 amide bonds. The highest BCUT2D eigenvalue weighted by Crippen LogP contribution is 2.24. The molecule has 1 unspecified atom stereocenters. The minimum Gasteiger partial charge on any atom is -0.508 e. The van der Waals surface area contributed by atoms with E-state index in [1.807, 2.05) is 20.8 Å². The van der Waals surface area contributed by atoms with Gasteiger partial charge < -0.3 is 15.2 Å². The van der Waals surface area contributed by atoms with Gasteiger partial charge in [0.25, 0.3) is 0 Å². The predicted molar refractivity (Wildman–Crippen MR) is 65.6 cm³/mol. The molecule has 3 nitrogen and oxygen atoms in total. The SMILES string of the molecule is CC(C)OCCNC(C)c1cc(F)ccc1O. The fourth-order valence-electron chi connectivity index (χ4n) is 1.55. The highest BCUT2D eigenvalue weighted by atomic mass is 19.1. The zero-order chi connectivity index (χ0) is 12.8. The highest BCUT2D eigenvalue weighted by Gasteiger charge is 2.10. The van der Waals surface area contributed by atoms with E-state index in [1.165, 1.54) is 18.2 Å². The van der Waals surface area contributed by atoms with Crippen LogP contribution in [0.1, 0.15) is 32.4 Å². The molecule has 0 spiro atoms. The van der Waals surface area contributed by atoms with Gasteiger partial charge >= 0.3 is 0 Å². The number of hydrogen-bond acceptors (Lipinski definition) is 3. The van der Waals surface area contributed by atoms with Crippen LogP contribution in [0.5, 0.6) is 5.75 Å². The van der Waals surface area contributed by atoms with Gasteiger partial charge in [0.05, 0.1) is 12.7 Å². The molecule has 0 bridgehead atoms. The van der Waals surface area contributed by atoms with E-state index in [0.29, 0.717) is 18.7 Å². The molecule has 4 heteroatoms. The van der Waals surface area contributed by atoms with Crippen molar-refractivity contribution < 1.29 is 14.2 Å². The average Bonchev–Trinajstić information content (AvgIpc) is 2.27. The number of hydrogen-bond donors (Lipinski definition) is 2. The second-order valence-corrected chi connectivity index (χ2v) is 4.30. The monoisotopic (exact) mass is 241 g/mol. The minimum absolute atomic E-state index is 0.108. The zero-order valence-corrected chi connectivity index (χ0v) is 10.5. The Hall–Kier alpha value is -1.13. The third kappa shape index (κ3) is 4.71. The molecule has 0 saturated heterocycles. The van der Waals surface area contributed by atoms with Gasteiger partial charge in [-0.3, -0.25) is 0 Å². The Kier molecular flexibility index (Phi) is 5.38. The van der Waals surface area contributed by atoms with Crippen molar-refractivity contribution in [2.24, 2.45) is 0 Å². The molecule has 17 heavy (non-hydrogen) atoms. The first-order chi connectivity index (χ1) is 8.00. The number of phenols is 1. The topological polar surface area (TPSA) is 41.5 Å². The molecule has 96 valence electrons. The van der Waals surface area contributed by atoms with E-state index < -0.39 is 0 Å². The molecule has 2 N–H and O–H groups in total. The van der Waals surface area contributed by atoms with E-state index in [-0.39, 0.29) is 23.7 Å². The molecule has 1 aromatic rings. The summed E-state index contributed by atoms with van der Waals surface area (Å²) in [5.74, 6) is -0.235. The van der Waals surface area contributed by atoms with E-state index in [4.69, 9.17) is 4.74 Å². The Morgan fingerprint density at radius 2 is 2.06 bits per heavy atom. The summed E-state index contributed by atoms with van der Waals surface area (Å²) in [6.45, 7) is 7.08. The normalized spacial score (nSPS) is 13.0. The summed E-state index contributed by atoms with van der Waals surface area (Å²) in [7, 11) is 0. The molecule has 0 aliphatic rings. The van der Waals surface area contributed by atoms with Gasteiger partial charge in [-0.15, -0.1) is 0 Å². The second-order valence-electron chi connectivity index (χ2n) is 4.30. The Morgan fingerprint density at radius 1 is 1.35 bits per heavy atom. The average molecular weight is 241 g/mol. The molecule has 0 heterocycles. The minimum atomic E-state index is -0.343. The summed E-state index contributed by atoms with van der Waals surface area (Å²) in [4.78, 5) is 0. The summed E-state index contributed by atoms with van der Waals surface area (Å²) in [5.41, 5.74) is 0.564. The molecule has 1 aromatic carbocycles. The van der Waals surface area contributed by atoms with Crippen LogP contribution >= 0.6 is 0 Å². The van der Waals surface area contributed by atoms with Crippen LogP contribution in [0.4, 0.5) is 4.39 Å². The quantitative estimate of drug-likeness (QED) is 0.752. The predicted octanol–water partition coefficient (Wildman–Crippen LogP) is 2.61. The second kappa shape index (κ2) is 6.57. The van der Waals surface area contributed by atoms with Crippen molar-refractivity contribution in [3.8, 4) is 5.75 Å². The van der Waals surface area contributed by atoms with Crippen LogP contribution in [0.2, 0.25) is 0 Å². The third-order valence-electron chi connectivity index (χ3n) is 2.46. The lowest BCUT2D eigenvalue weighted by Gasteiger charge is -2.16. The molecular weight excluding hydrogens is 221 g/mol. The van der Waals surface area contributed by atoms with Gasteiger partial charge in [0, 0.05) is 18.2 Å². The van der Waals surface area contributed by atoms with Gasteiger partial charge in [0.15, 0.2) is 0 Å². The van der Waals surface area contributed by atoms with Crippen molar-refractivity contribution in [1.82, 2.24) is 5.32 Å². The lowest BCUT2D eigenvalue weighted by molar-refractivity contribution is 0.0796. The molecular formula is C13H20FNO2. The number of nitrogens with one attached hydrogen (secondary N) is 1. The van der Waals surface area contributed by atoms with Gasteiger partial charge in [-0.2, -0.15) is 0 Å². The first kappa shape index (κ1) is 13.9. The Balaban J connectivity index is 2.46. The zero-order valence-electron chi connectivity index (χ0n) is 10.5. The van der Waals surface area contributed by atoms with E-state index in [0.717, 1.165) is 0 Å². The maximum Gasteiger partial charge on any atom is 0.123 e. The van der Waals surface area contributed by atoms with Gasteiger partial charge in [-0.1, -0.05) is 0 Å². The van der Waals surface area contributed by atoms with Gasteiger partial charge in [0.1, 0.15) is 11.6 Å². The van der Waals surface area contributed by atoms with Crippen molar-refractivity contribution in [3.05, 3.63) is 29.6 Å². The standard InChI is InChI=1S/C13H20FNO2/c1-9(2)17-7-6-15-10(3)12-8-11(14)4-5-13(12)16/h4-5,8-10,15-16H,6-7H2,1-3H3. The van der Waals surface area contributed by atoms with Crippen molar-refractivity contribution in [2.45, 2.75) is 32.9 Å². The van der Waals surface area contributed by atoms with Gasteiger partial charge in [-0.25, -0.2) is 4.39 Å². The van der Waals surface area contributed by atoms with E-state index in [2.05, 4.69) is 5.32 Å². The third-order valence-corrected chi connectivity index (χ3v) is 2.46. The number of rotatable bonds is 6. The lowest BCUT2D eigenvalue weighted by atomic mass is 10.1. The van der Waals surface area contributed by atoms with Crippen LogP contribution in [-0.2, 0) is 4.74 Å². The fourth-order valence-corrected chi connectivity index (χ4v) is 1.55. The van der Waals surface area contributed by atoms with E-state index in [1.54, 1.807) is 0 Å². The van der Waals surface area contributed by atoms with Crippen molar-refractivity contribution in [2.75, 3.05) is 13.2 Å². The molecule has 0 aliphatic heterocycles. The van der Waals surface area contributed by atoms with Crippen LogP contribution in [0.15, 0.2) is 18.2 Å². The summed E-state index contributed by atoms with van der Waals surface area (Å²) in [6.07, 6.45) is 0.203. The number of benzene rings is 1. The van der Waals surface area contributed by atoms with E-state index in [9.17, 15) is 9.50 Å². The van der Waals surface area contributed by atoms with Gasteiger partial charge in [-0.05, 0) is 39.0 Å². The Morgan fingerprint density at radius 3 is 2.71 bits per heavy atom.